The number of hydrogen-bond acceptors (Lipinski definition) is 4. The average molecular weight is 306 g/mol. The van der Waals surface area contributed by atoms with Gasteiger partial charge in [-0.2, -0.15) is 0 Å². The number of carbonyl (C=O) groups is 1. The molecule has 1 heterocycles. The van der Waals surface area contributed by atoms with Gasteiger partial charge in [0.05, 0.1) is 0 Å². The maximum atomic E-state index is 12.7. The lowest BCUT2D eigenvalue weighted by atomic mass is 9.87. The lowest BCUT2D eigenvalue weighted by Gasteiger charge is -2.26. The predicted molar refractivity (Wildman–Crippen MR) is 80.1 cm³/mol. The number of nitrogens with zero attached hydrogens (tertiary/aromatic N) is 3. The van der Waals surface area contributed by atoms with Gasteiger partial charge in [0.15, 0.2) is 0 Å². The number of allylic oxidation sites excluding steroid dienone is 1. The number of halogens is 1. The summed E-state index contributed by atoms with van der Waals surface area (Å²) in [6, 6.07) is 6.80. The van der Waals surface area contributed by atoms with E-state index < -0.39 is 11.6 Å². The van der Waals surface area contributed by atoms with Gasteiger partial charge in [-0.05, 0) is 38.1 Å². The summed E-state index contributed by atoms with van der Waals surface area (Å²) in [5.41, 5.74) is -0.735. The molecule has 1 aromatic carbocycles. The minimum atomic E-state index is -0.867. The van der Waals surface area contributed by atoms with Crippen molar-refractivity contribution in [2.75, 3.05) is 0 Å². The first kappa shape index (κ1) is 15.3. The first-order chi connectivity index (χ1) is 9.94. The third kappa shape index (κ3) is 3.49. The molecule has 6 heteroatoms. The van der Waals surface area contributed by atoms with E-state index in [0.717, 1.165) is 0 Å². The van der Waals surface area contributed by atoms with Crippen LogP contribution in [0.25, 0.3) is 0 Å². The van der Waals surface area contributed by atoms with Gasteiger partial charge in [0, 0.05) is 10.4 Å². The summed E-state index contributed by atoms with van der Waals surface area (Å²) in [6.07, 6.45) is 3.61. The fourth-order valence-electron chi connectivity index (χ4n) is 1.64. The van der Waals surface area contributed by atoms with Crippen molar-refractivity contribution in [3.8, 4) is 5.75 Å². The molecule has 0 N–H and O–H groups in total. The quantitative estimate of drug-likeness (QED) is 0.768. The highest BCUT2D eigenvalue weighted by Gasteiger charge is 2.34. The lowest BCUT2D eigenvalue weighted by molar-refractivity contribution is -0.136. The van der Waals surface area contributed by atoms with Gasteiger partial charge in [-0.15, -0.1) is 16.8 Å². The molecular formula is C15H16ClN3O2. The second kappa shape index (κ2) is 6.10. The van der Waals surface area contributed by atoms with Crippen LogP contribution in [0.1, 0.15) is 20.1 Å². The Balaban J connectivity index is 2.31. The number of carbonyl (C=O) groups excluding carboxylic acids is 1. The molecule has 110 valence electrons. The molecule has 21 heavy (non-hydrogen) atoms. The first-order valence-corrected chi connectivity index (χ1v) is 6.76. The van der Waals surface area contributed by atoms with Crippen LogP contribution in [0.2, 0.25) is 5.02 Å². The van der Waals surface area contributed by atoms with Crippen LogP contribution in [-0.4, -0.2) is 20.5 Å². The fourth-order valence-corrected chi connectivity index (χ4v) is 1.77. The van der Waals surface area contributed by atoms with E-state index in [2.05, 4.69) is 16.8 Å². The van der Waals surface area contributed by atoms with E-state index in [1.165, 1.54) is 17.2 Å². The highest BCUT2D eigenvalue weighted by molar-refractivity contribution is 6.30. The van der Waals surface area contributed by atoms with Crippen LogP contribution in [0.5, 0.6) is 5.75 Å². The Hall–Kier alpha value is -2.14. The Labute approximate surface area is 128 Å². The highest BCUT2D eigenvalue weighted by Crippen LogP contribution is 2.28. The number of benzene rings is 1. The van der Waals surface area contributed by atoms with Gasteiger partial charge >= 0.3 is 0 Å². The van der Waals surface area contributed by atoms with Gasteiger partial charge in [-0.1, -0.05) is 17.7 Å². The Bertz CT molecular complexity index is 621. The molecular weight excluding hydrogens is 290 g/mol. The van der Waals surface area contributed by atoms with Crippen LogP contribution in [0, 0.1) is 5.41 Å². The number of aromatic nitrogens is 3. The molecule has 0 spiro atoms. The smallest absolute Gasteiger partial charge is 0.238 e. The summed E-state index contributed by atoms with van der Waals surface area (Å²) in [4.78, 5) is 12.7. The van der Waals surface area contributed by atoms with Gasteiger partial charge in [-0.25, -0.2) is 0 Å². The molecule has 2 rings (SSSR count). The average Bonchev–Trinajstić information content (AvgIpc) is 3.00. The summed E-state index contributed by atoms with van der Waals surface area (Å²) >= 11 is 5.84. The number of ketones is 1. The van der Waals surface area contributed by atoms with E-state index in [1.807, 2.05) is 0 Å². The van der Waals surface area contributed by atoms with Crippen molar-refractivity contribution < 1.29 is 9.53 Å². The van der Waals surface area contributed by atoms with E-state index >= 15 is 0 Å². The molecule has 0 aliphatic heterocycles. The molecule has 0 aliphatic carbocycles. The van der Waals surface area contributed by atoms with Gasteiger partial charge in [0.1, 0.15) is 18.4 Å². The molecule has 0 saturated heterocycles. The highest BCUT2D eigenvalue weighted by atomic mass is 35.5. The first-order valence-electron chi connectivity index (χ1n) is 6.38. The largest absolute Gasteiger partial charge is 0.463 e. The van der Waals surface area contributed by atoms with Crippen LogP contribution >= 0.6 is 11.6 Å². The van der Waals surface area contributed by atoms with Crippen LogP contribution in [0.3, 0.4) is 0 Å². The molecule has 0 amide bonds. The van der Waals surface area contributed by atoms with Crippen molar-refractivity contribution in [1.82, 2.24) is 14.8 Å². The molecule has 0 aliphatic rings. The molecule has 0 fully saturated rings. The molecule has 0 saturated carbocycles. The van der Waals surface area contributed by atoms with Gasteiger partial charge in [-0.3, -0.25) is 9.36 Å². The summed E-state index contributed by atoms with van der Waals surface area (Å²) in [7, 11) is 0. The van der Waals surface area contributed by atoms with E-state index in [9.17, 15) is 4.79 Å². The zero-order valence-corrected chi connectivity index (χ0v) is 12.6. The Morgan fingerprint density at radius 2 is 1.90 bits per heavy atom. The summed E-state index contributed by atoms with van der Waals surface area (Å²) in [5.74, 6) is 0.388. The molecule has 5 nitrogen and oxygen atoms in total. The number of rotatable bonds is 6. The van der Waals surface area contributed by atoms with Crippen molar-refractivity contribution in [3.05, 3.63) is 54.6 Å². The summed E-state index contributed by atoms with van der Waals surface area (Å²) in [6.45, 7) is 7.27. The third-order valence-corrected chi connectivity index (χ3v) is 3.39. The van der Waals surface area contributed by atoms with Crippen molar-refractivity contribution in [1.29, 1.82) is 0 Å². The standard InChI is InChI=1S/C15H16ClN3O2/c1-4-15(2,3)13(20)14(19-9-17-18-10-19)21-12-7-5-11(16)6-8-12/h4-10,14H,1H2,2-3H3. The maximum absolute atomic E-state index is 12.7. The molecule has 0 bridgehead atoms. The molecule has 1 atom stereocenters. The van der Waals surface area contributed by atoms with Crippen LogP contribution in [-0.2, 0) is 4.79 Å². The van der Waals surface area contributed by atoms with E-state index in [4.69, 9.17) is 16.3 Å². The van der Waals surface area contributed by atoms with Crippen LogP contribution in [0.4, 0.5) is 0 Å². The molecule has 0 radical (unpaired) electrons. The van der Waals surface area contributed by atoms with Crippen LogP contribution < -0.4 is 4.74 Å². The Kier molecular flexibility index (Phi) is 4.43. The maximum Gasteiger partial charge on any atom is 0.238 e. The summed E-state index contributed by atoms with van der Waals surface area (Å²) in [5, 5.41) is 8.04. The third-order valence-electron chi connectivity index (χ3n) is 3.14. The topological polar surface area (TPSA) is 57.0 Å². The second-order valence-corrected chi connectivity index (χ2v) is 5.56. The number of ether oxygens (including phenoxy) is 1. The van der Waals surface area contributed by atoms with Crippen LogP contribution in [0.15, 0.2) is 49.6 Å². The van der Waals surface area contributed by atoms with Crippen molar-refractivity contribution in [3.63, 3.8) is 0 Å². The van der Waals surface area contributed by atoms with Crippen molar-refractivity contribution in [2.45, 2.75) is 20.1 Å². The second-order valence-electron chi connectivity index (χ2n) is 5.12. The summed E-state index contributed by atoms with van der Waals surface area (Å²) < 4.78 is 7.31. The lowest BCUT2D eigenvalue weighted by Crippen LogP contribution is -2.34. The molecule has 1 aromatic heterocycles. The van der Waals surface area contributed by atoms with Gasteiger partial charge in [0.2, 0.25) is 12.0 Å². The monoisotopic (exact) mass is 305 g/mol. The SMILES string of the molecule is C=CC(C)(C)C(=O)C(Oc1ccc(Cl)cc1)n1cnnc1. The number of hydrogen-bond donors (Lipinski definition) is 0. The zero-order chi connectivity index (χ0) is 15.5. The van der Waals surface area contributed by atoms with Gasteiger partial charge < -0.3 is 4.74 Å². The normalized spacial score (nSPS) is 12.7. The van der Waals surface area contributed by atoms with E-state index in [0.29, 0.717) is 10.8 Å². The molecule has 2 aromatic rings. The Morgan fingerprint density at radius 1 is 1.33 bits per heavy atom. The minimum Gasteiger partial charge on any atom is -0.463 e. The predicted octanol–water partition coefficient (Wildman–Crippen LogP) is 3.29. The van der Waals surface area contributed by atoms with E-state index in [-0.39, 0.29) is 5.78 Å². The van der Waals surface area contributed by atoms with Crippen molar-refractivity contribution in [2.24, 2.45) is 5.41 Å². The van der Waals surface area contributed by atoms with E-state index in [1.54, 1.807) is 44.2 Å². The molecule has 1 unspecified atom stereocenters. The Morgan fingerprint density at radius 3 is 2.43 bits per heavy atom. The minimum absolute atomic E-state index is 0.146. The fraction of sp³-hybridized carbons (Fsp3) is 0.267. The zero-order valence-electron chi connectivity index (χ0n) is 11.9. The number of Topliss-reactive ketones (excluding diaryl/α,β-unsaturated/α-hetero) is 1. The van der Waals surface area contributed by atoms with Crippen molar-refractivity contribution >= 4 is 17.4 Å². The van der Waals surface area contributed by atoms with Gasteiger partial charge in [0.25, 0.3) is 0 Å².